The molecular weight excluding hydrogens is 368 g/mol. The van der Waals surface area contributed by atoms with Gasteiger partial charge < -0.3 is 5.11 Å². The smallest absolute Gasteiger partial charge is 0.166 e. The maximum Gasteiger partial charge on any atom is 0.166 e. The lowest BCUT2D eigenvalue weighted by molar-refractivity contribution is -0.0976. The Balaban J connectivity index is 1.34. The summed E-state index contributed by atoms with van der Waals surface area (Å²) in [6.45, 7) is 6.68. The molecule has 1 aromatic carbocycles. The van der Waals surface area contributed by atoms with Gasteiger partial charge in [-0.2, -0.15) is 0 Å². The lowest BCUT2D eigenvalue weighted by Crippen LogP contribution is -2.51. The molecule has 2 heteroatoms. The van der Waals surface area contributed by atoms with Gasteiger partial charge in [0.15, 0.2) is 5.78 Å². The van der Waals surface area contributed by atoms with Crippen molar-refractivity contribution in [2.24, 2.45) is 40.9 Å². The minimum atomic E-state index is -0.435. The molecule has 0 bridgehead atoms. The summed E-state index contributed by atoms with van der Waals surface area (Å²) >= 11 is 0. The summed E-state index contributed by atoms with van der Waals surface area (Å²) in [5, 5.41) is 10.6. The Kier molecular flexibility index (Phi) is 5.16. The number of benzene rings is 1. The number of rotatable bonds is 3. The Morgan fingerprint density at radius 3 is 2.40 bits per heavy atom. The Labute approximate surface area is 182 Å². The van der Waals surface area contributed by atoms with E-state index in [1.54, 1.807) is 0 Å². The Bertz CT molecular complexity index is 793. The van der Waals surface area contributed by atoms with E-state index in [4.69, 9.17) is 0 Å². The van der Waals surface area contributed by atoms with Crippen molar-refractivity contribution in [3.8, 4) is 0 Å². The second kappa shape index (κ2) is 7.47. The molecule has 0 radical (unpaired) electrons. The summed E-state index contributed by atoms with van der Waals surface area (Å²) in [5.41, 5.74) is 1.99. The summed E-state index contributed by atoms with van der Waals surface area (Å²) in [4.78, 5) is 13.5. The first kappa shape index (κ1) is 20.7. The van der Waals surface area contributed by atoms with Crippen molar-refractivity contribution in [1.29, 1.82) is 0 Å². The first-order valence-electron chi connectivity index (χ1n) is 12.7. The van der Waals surface area contributed by atoms with Crippen molar-refractivity contribution < 1.29 is 9.90 Å². The Morgan fingerprint density at radius 1 is 0.933 bits per heavy atom. The molecule has 30 heavy (non-hydrogen) atoms. The van der Waals surface area contributed by atoms with Gasteiger partial charge in [0.05, 0.1) is 5.60 Å². The van der Waals surface area contributed by atoms with Gasteiger partial charge in [-0.3, -0.25) is 4.79 Å². The Hall–Kier alpha value is -1.15. The van der Waals surface area contributed by atoms with Gasteiger partial charge >= 0.3 is 0 Å². The predicted octanol–water partition coefficient (Wildman–Crippen LogP) is 6.45. The number of carbonyl (C=O) groups excluding carboxylic acids is 1. The number of fused-ring (bicyclic) bond motifs is 5. The number of aryl methyl sites for hydroxylation is 1. The molecule has 164 valence electrons. The zero-order valence-corrected chi connectivity index (χ0v) is 19.2. The highest BCUT2D eigenvalue weighted by molar-refractivity contribution is 5.98. The fourth-order valence-electron chi connectivity index (χ4n) is 8.62. The van der Waals surface area contributed by atoms with E-state index in [0.717, 1.165) is 60.8 Å². The molecule has 4 aliphatic rings. The third-order valence-corrected chi connectivity index (χ3v) is 10.2. The minimum Gasteiger partial charge on any atom is -0.390 e. The molecule has 1 N–H and O–H groups in total. The Morgan fingerprint density at radius 2 is 1.67 bits per heavy atom. The summed E-state index contributed by atoms with van der Waals surface area (Å²) in [7, 11) is 0. The van der Waals surface area contributed by atoms with E-state index >= 15 is 0 Å². The van der Waals surface area contributed by atoms with Crippen molar-refractivity contribution in [3.05, 3.63) is 35.4 Å². The van der Waals surface area contributed by atoms with Crippen LogP contribution in [0.1, 0.15) is 94.5 Å². The molecular formula is C28H40O2. The number of aliphatic hydroxyl groups is 1. The van der Waals surface area contributed by atoms with Crippen molar-refractivity contribution in [2.45, 2.75) is 90.6 Å². The zero-order chi connectivity index (χ0) is 21.1. The monoisotopic (exact) mass is 408 g/mol. The highest BCUT2D eigenvalue weighted by atomic mass is 16.3. The van der Waals surface area contributed by atoms with E-state index in [1.807, 2.05) is 6.92 Å². The van der Waals surface area contributed by atoms with Crippen molar-refractivity contribution in [1.82, 2.24) is 0 Å². The van der Waals surface area contributed by atoms with Crippen LogP contribution in [0.2, 0.25) is 0 Å². The van der Waals surface area contributed by atoms with Crippen molar-refractivity contribution in [3.63, 3.8) is 0 Å². The SMILES string of the molecule is CCc1ccc(C(=O)C2CC[C@H]3[C@@H]4CC[C@H]5C[C@](C)(O)CC[C@@H]5[C@H]4CC[C@]23C)cc1. The molecule has 0 aliphatic heterocycles. The van der Waals surface area contributed by atoms with Crippen LogP contribution in [0.5, 0.6) is 0 Å². The number of ketones is 1. The fourth-order valence-corrected chi connectivity index (χ4v) is 8.62. The van der Waals surface area contributed by atoms with E-state index in [0.29, 0.717) is 5.78 Å². The van der Waals surface area contributed by atoms with Crippen LogP contribution >= 0.6 is 0 Å². The highest BCUT2D eigenvalue weighted by Gasteiger charge is 2.58. The first-order valence-corrected chi connectivity index (χ1v) is 12.7. The van der Waals surface area contributed by atoms with Gasteiger partial charge in [0.2, 0.25) is 0 Å². The molecule has 2 nitrogen and oxygen atoms in total. The van der Waals surface area contributed by atoms with Crippen LogP contribution in [0.15, 0.2) is 24.3 Å². The normalized spacial score (nSPS) is 45.3. The maximum atomic E-state index is 13.5. The summed E-state index contributed by atoms with van der Waals surface area (Å²) in [5.74, 6) is 4.55. The van der Waals surface area contributed by atoms with Gasteiger partial charge in [0.25, 0.3) is 0 Å². The number of carbonyl (C=O) groups is 1. The lowest BCUT2D eigenvalue weighted by Gasteiger charge is -2.56. The third-order valence-electron chi connectivity index (χ3n) is 10.2. The average Bonchev–Trinajstić information content (AvgIpc) is 3.09. The molecule has 0 aromatic heterocycles. The average molecular weight is 409 g/mol. The zero-order valence-electron chi connectivity index (χ0n) is 19.2. The number of hydrogen-bond donors (Lipinski definition) is 1. The molecule has 1 unspecified atom stereocenters. The largest absolute Gasteiger partial charge is 0.390 e. The fraction of sp³-hybridized carbons (Fsp3) is 0.750. The third kappa shape index (κ3) is 3.29. The standard InChI is InChI=1S/C28H40O2/c1-4-18-5-7-19(8-6-18)26(29)25-12-11-24-23-10-9-20-17-27(2,30)15-13-21(20)22(23)14-16-28(24,25)3/h5-8,20-25,30H,4,9-17H2,1-3H3/t20-,21-,22+,23+,24-,25?,27+,28-/m0/s1. The molecule has 0 amide bonds. The van der Waals surface area contributed by atoms with E-state index in [9.17, 15) is 9.90 Å². The minimum absolute atomic E-state index is 0.189. The van der Waals surface area contributed by atoms with Crippen LogP contribution < -0.4 is 0 Å². The van der Waals surface area contributed by atoms with Gasteiger partial charge in [-0.15, -0.1) is 0 Å². The van der Waals surface area contributed by atoms with Gasteiger partial charge in [0.1, 0.15) is 0 Å². The van der Waals surface area contributed by atoms with E-state index in [-0.39, 0.29) is 11.3 Å². The van der Waals surface area contributed by atoms with Crippen molar-refractivity contribution in [2.75, 3.05) is 0 Å². The molecule has 5 rings (SSSR count). The van der Waals surface area contributed by atoms with Gasteiger partial charge in [-0.05, 0) is 112 Å². The van der Waals surface area contributed by atoms with Gasteiger partial charge in [-0.1, -0.05) is 38.1 Å². The predicted molar refractivity (Wildman–Crippen MR) is 121 cm³/mol. The van der Waals surface area contributed by atoms with Crippen LogP contribution in [-0.2, 0) is 6.42 Å². The topological polar surface area (TPSA) is 37.3 Å². The van der Waals surface area contributed by atoms with E-state index in [1.165, 1.54) is 44.1 Å². The molecule has 4 fully saturated rings. The molecule has 0 heterocycles. The van der Waals surface area contributed by atoms with Crippen LogP contribution in [0.3, 0.4) is 0 Å². The quantitative estimate of drug-likeness (QED) is 0.583. The van der Waals surface area contributed by atoms with Crippen LogP contribution in [0, 0.1) is 40.9 Å². The first-order chi connectivity index (χ1) is 14.3. The second-order valence-corrected chi connectivity index (χ2v) is 11.8. The summed E-state index contributed by atoms with van der Waals surface area (Å²) in [6, 6.07) is 8.42. The molecule has 0 spiro atoms. The van der Waals surface area contributed by atoms with Crippen LogP contribution in [0.25, 0.3) is 0 Å². The van der Waals surface area contributed by atoms with E-state index < -0.39 is 5.60 Å². The van der Waals surface area contributed by atoms with Gasteiger partial charge in [-0.25, -0.2) is 0 Å². The maximum absolute atomic E-state index is 13.5. The number of Topliss-reactive ketones (excluding diaryl/α,β-unsaturated/α-hetero) is 1. The van der Waals surface area contributed by atoms with Gasteiger partial charge in [0, 0.05) is 11.5 Å². The lowest BCUT2D eigenvalue weighted by atomic mass is 9.49. The summed E-state index contributed by atoms with van der Waals surface area (Å²) in [6.07, 6.45) is 11.7. The molecule has 4 saturated carbocycles. The molecule has 8 atom stereocenters. The second-order valence-electron chi connectivity index (χ2n) is 11.8. The van der Waals surface area contributed by atoms with E-state index in [2.05, 4.69) is 38.1 Å². The number of hydrogen-bond acceptors (Lipinski definition) is 2. The molecule has 0 saturated heterocycles. The molecule has 4 aliphatic carbocycles. The van der Waals surface area contributed by atoms with Crippen LogP contribution in [0.4, 0.5) is 0 Å². The molecule has 1 aromatic rings. The van der Waals surface area contributed by atoms with Crippen LogP contribution in [-0.4, -0.2) is 16.5 Å². The van der Waals surface area contributed by atoms with Crippen molar-refractivity contribution >= 4 is 5.78 Å². The summed E-state index contributed by atoms with van der Waals surface area (Å²) < 4.78 is 0. The highest BCUT2D eigenvalue weighted by Crippen LogP contribution is 2.64.